The third-order valence-corrected chi connectivity index (χ3v) is 3.22. The second-order valence-corrected chi connectivity index (χ2v) is 4.72. The van der Waals surface area contributed by atoms with E-state index >= 15 is 0 Å². The maximum Gasteiger partial charge on any atom is 0.109 e. The van der Waals surface area contributed by atoms with Gasteiger partial charge in [-0.2, -0.15) is 0 Å². The Kier molecular flexibility index (Phi) is 3.56. The van der Waals surface area contributed by atoms with Gasteiger partial charge in [0.2, 0.25) is 0 Å². The normalized spacial score (nSPS) is 25.5. The molecule has 1 aliphatic heterocycles. The van der Waals surface area contributed by atoms with Gasteiger partial charge in [-0.3, -0.25) is 0 Å². The van der Waals surface area contributed by atoms with Gasteiger partial charge < -0.3 is 9.64 Å². The quantitative estimate of drug-likeness (QED) is 0.694. The van der Waals surface area contributed by atoms with E-state index < -0.39 is 0 Å². The van der Waals surface area contributed by atoms with Crippen LogP contribution in [0.15, 0.2) is 30.3 Å². The summed E-state index contributed by atoms with van der Waals surface area (Å²) in [6, 6.07) is 10.2. The predicted molar refractivity (Wildman–Crippen MR) is 69.7 cm³/mol. The third kappa shape index (κ3) is 2.60. The summed E-state index contributed by atoms with van der Waals surface area (Å²) < 4.78 is 5.70. The molecule has 0 aliphatic carbocycles. The highest BCUT2D eigenvalue weighted by molar-refractivity contribution is 7.80. The fourth-order valence-electron chi connectivity index (χ4n) is 2.11. The van der Waals surface area contributed by atoms with Crippen molar-refractivity contribution in [3.05, 3.63) is 35.9 Å². The van der Waals surface area contributed by atoms with Gasteiger partial charge in [0.25, 0.3) is 0 Å². The average Bonchev–Trinajstić information content (AvgIpc) is 2.28. The van der Waals surface area contributed by atoms with E-state index in [-0.39, 0.29) is 12.2 Å². The van der Waals surface area contributed by atoms with Crippen molar-refractivity contribution in [2.45, 2.75) is 26.1 Å². The minimum absolute atomic E-state index is 0.255. The van der Waals surface area contributed by atoms with Crippen LogP contribution in [-0.2, 0) is 4.74 Å². The molecule has 0 amide bonds. The van der Waals surface area contributed by atoms with Crippen LogP contribution in [0.4, 0.5) is 0 Å². The van der Waals surface area contributed by atoms with Crippen LogP contribution in [0.3, 0.4) is 0 Å². The fourth-order valence-corrected chi connectivity index (χ4v) is 2.39. The summed E-state index contributed by atoms with van der Waals surface area (Å²) in [5.41, 5.74) is 1.12. The van der Waals surface area contributed by atoms with Crippen molar-refractivity contribution < 1.29 is 4.74 Å². The fraction of sp³-hybridized carbons (Fsp3) is 0.462. The maximum atomic E-state index is 5.70. The first-order valence-electron chi connectivity index (χ1n) is 5.66. The molecular formula is C13H17NOS. The number of nitrogens with zero attached hydrogens (tertiary/aromatic N) is 1. The number of rotatable bonds is 1. The topological polar surface area (TPSA) is 12.5 Å². The second kappa shape index (κ2) is 4.93. The monoisotopic (exact) mass is 235 g/mol. The molecule has 2 nitrogen and oxygen atoms in total. The Labute approximate surface area is 102 Å². The van der Waals surface area contributed by atoms with E-state index in [1.807, 2.05) is 18.2 Å². The molecule has 0 spiro atoms. The zero-order valence-electron chi connectivity index (χ0n) is 9.72. The van der Waals surface area contributed by atoms with E-state index in [1.54, 1.807) is 0 Å². The van der Waals surface area contributed by atoms with Crippen LogP contribution in [0.25, 0.3) is 0 Å². The zero-order valence-corrected chi connectivity index (χ0v) is 10.5. The average molecular weight is 235 g/mol. The third-order valence-electron chi connectivity index (χ3n) is 2.73. The first-order valence-corrected chi connectivity index (χ1v) is 6.07. The van der Waals surface area contributed by atoms with E-state index in [2.05, 4.69) is 30.9 Å². The smallest absolute Gasteiger partial charge is 0.109 e. The first kappa shape index (κ1) is 11.6. The van der Waals surface area contributed by atoms with Gasteiger partial charge in [-0.05, 0) is 13.8 Å². The van der Waals surface area contributed by atoms with E-state index in [1.165, 1.54) is 0 Å². The molecule has 1 fully saturated rings. The van der Waals surface area contributed by atoms with Gasteiger partial charge in [-0.1, -0.05) is 42.5 Å². The Hall–Kier alpha value is -0.930. The van der Waals surface area contributed by atoms with Gasteiger partial charge in [0, 0.05) is 18.7 Å². The molecule has 3 heteroatoms. The number of hydrogen-bond acceptors (Lipinski definition) is 2. The lowest BCUT2D eigenvalue weighted by Crippen LogP contribution is -2.47. The number of ether oxygens (including phenoxy) is 1. The molecule has 0 N–H and O–H groups in total. The maximum absolute atomic E-state index is 5.70. The summed E-state index contributed by atoms with van der Waals surface area (Å²) in [7, 11) is 0. The molecule has 1 aliphatic rings. The molecule has 0 aromatic heterocycles. The van der Waals surface area contributed by atoms with E-state index in [0.29, 0.717) is 0 Å². The van der Waals surface area contributed by atoms with Gasteiger partial charge in [0.1, 0.15) is 4.99 Å². The Balaban J connectivity index is 2.10. The minimum atomic E-state index is 0.255. The molecule has 0 bridgehead atoms. The Morgan fingerprint density at radius 1 is 1.19 bits per heavy atom. The summed E-state index contributed by atoms with van der Waals surface area (Å²) >= 11 is 5.52. The van der Waals surface area contributed by atoms with Crippen molar-refractivity contribution in [3.63, 3.8) is 0 Å². The van der Waals surface area contributed by atoms with Gasteiger partial charge in [0.05, 0.1) is 12.2 Å². The molecule has 0 radical (unpaired) electrons. The lowest BCUT2D eigenvalue weighted by molar-refractivity contribution is -0.0472. The van der Waals surface area contributed by atoms with Gasteiger partial charge in [-0.25, -0.2) is 0 Å². The number of thiocarbonyl (C=S) groups is 1. The van der Waals surface area contributed by atoms with Crippen molar-refractivity contribution >= 4 is 17.2 Å². The van der Waals surface area contributed by atoms with Crippen molar-refractivity contribution in [2.24, 2.45) is 0 Å². The van der Waals surface area contributed by atoms with Crippen LogP contribution in [0.2, 0.25) is 0 Å². The highest BCUT2D eigenvalue weighted by atomic mass is 32.1. The van der Waals surface area contributed by atoms with Crippen molar-refractivity contribution in [2.75, 3.05) is 13.1 Å². The van der Waals surface area contributed by atoms with E-state index in [9.17, 15) is 0 Å². The summed E-state index contributed by atoms with van der Waals surface area (Å²) in [6.07, 6.45) is 0.510. The molecule has 1 aromatic rings. The van der Waals surface area contributed by atoms with Gasteiger partial charge in [-0.15, -0.1) is 0 Å². The van der Waals surface area contributed by atoms with Crippen molar-refractivity contribution in [1.29, 1.82) is 0 Å². The minimum Gasteiger partial charge on any atom is -0.372 e. The van der Waals surface area contributed by atoms with Crippen molar-refractivity contribution in [1.82, 2.24) is 4.90 Å². The van der Waals surface area contributed by atoms with Crippen molar-refractivity contribution in [3.8, 4) is 0 Å². The summed E-state index contributed by atoms with van der Waals surface area (Å²) in [6.45, 7) is 5.96. The van der Waals surface area contributed by atoms with Gasteiger partial charge >= 0.3 is 0 Å². The van der Waals surface area contributed by atoms with Crippen LogP contribution in [0.5, 0.6) is 0 Å². The molecular weight excluding hydrogens is 218 g/mol. The van der Waals surface area contributed by atoms with Crippen LogP contribution >= 0.6 is 12.2 Å². The highest BCUT2D eigenvalue weighted by Crippen LogP contribution is 2.14. The van der Waals surface area contributed by atoms with Crippen LogP contribution in [0, 0.1) is 0 Å². The molecule has 0 saturated carbocycles. The standard InChI is InChI=1S/C13H17NOS/c1-10-8-14(9-11(2)15-10)13(16)12-6-4-3-5-7-12/h3-7,10-11H,8-9H2,1-2H3. The van der Waals surface area contributed by atoms with Gasteiger partial charge in [0.15, 0.2) is 0 Å². The zero-order chi connectivity index (χ0) is 11.5. The van der Waals surface area contributed by atoms with Crippen LogP contribution in [0.1, 0.15) is 19.4 Å². The SMILES string of the molecule is CC1CN(C(=S)c2ccccc2)CC(C)O1. The number of benzene rings is 1. The lowest BCUT2D eigenvalue weighted by Gasteiger charge is -2.37. The molecule has 2 rings (SSSR count). The molecule has 1 aromatic carbocycles. The largest absolute Gasteiger partial charge is 0.372 e. The summed E-state index contributed by atoms with van der Waals surface area (Å²) in [5, 5.41) is 0. The van der Waals surface area contributed by atoms with E-state index in [0.717, 1.165) is 23.6 Å². The Morgan fingerprint density at radius 2 is 1.75 bits per heavy atom. The number of hydrogen-bond donors (Lipinski definition) is 0. The Bertz CT molecular complexity index is 355. The van der Waals surface area contributed by atoms with E-state index in [4.69, 9.17) is 17.0 Å². The first-order chi connectivity index (χ1) is 7.66. The molecule has 1 heterocycles. The molecule has 16 heavy (non-hydrogen) atoms. The summed E-state index contributed by atoms with van der Waals surface area (Å²) in [5.74, 6) is 0. The Morgan fingerprint density at radius 3 is 2.31 bits per heavy atom. The predicted octanol–water partition coefficient (Wildman–Crippen LogP) is 2.47. The summed E-state index contributed by atoms with van der Waals surface area (Å²) in [4.78, 5) is 3.17. The second-order valence-electron chi connectivity index (χ2n) is 4.33. The molecule has 86 valence electrons. The molecule has 1 saturated heterocycles. The molecule has 2 atom stereocenters. The van der Waals surface area contributed by atoms with Crippen LogP contribution in [-0.4, -0.2) is 35.2 Å². The van der Waals surface area contributed by atoms with Crippen LogP contribution < -0.4 is 0 Å². The number of morpholine rings is 1. The lowest BCUT2D eigenvalue weighted by atomic mass is 10.1. The highest BCUT2D eigenvalue weighted by Gasteiger charge is 2.24. The molecule has 2 unspecified atom stereocenters.